The number of pyridine rings is 1. The molecule has 0 fully saturated rings. The first-order valence-corrected chi connectivity index (χ1v) is 9.10. The number of carbonyl (C=O) groups excluding carboxylic acids is 1. The molecule has 9 heteroatoms. The summed E-state index contributed by atoms with van der Waals surface area (Å²) in [6, 6.07) is 2.67. The summed E-state index contributed by atoms with van der Waals surface area (Å²) in [5.74, 6) is -1.37. The van der Waals surface area contributed by atoms with E-state index in [1.54, 1.807) is 11.6 Å². The first-order valence-electron chi connectivity index (χ1n) is 8.22. The number of hydrogen-bond acceptors (Lipinski definition) is 4. The van der Waals surface area contributed by atoms with Crippen LogP contribution in [-0.2, 0) is 24.1 Å². The lowest BCUT2D eigenvalue weighted by molar-refractivity contribution is -0.139. The fourth-order valence-electron chi connectivity index (χ4n) is 3.05. The van der Waals surface area contributed by atoms with Crippen LogP contribution in [-0.4, -0.2) is 29.8 Å². The molecule has 0 aliphatic carbocycles. The Bertz CT molecular complexity index is 1100. The summed E-state index contributed by atoms with van der Waals surface area (Å²) in [4.78, 5) is 25.7. The van der Waals surface area contributed by atoms with Gasteiger partial charge in [0.1, 0.15) is 12.1 Å². The average molecular weight is 412 g/mol. The van der Waals surface area contributed by atoms with Crippen LogP contribution < -0.4 is 5.56 Å². The summed E-state index contributed by atoms with van der Waals surface area (Å²) < 4.78 is 54.8. The van der Waals surface area contributed by atoms with Crippen molar-refractivity contribution in [2.75, 3.05) is 14.1 Å². The number of thiophene rings is 1. The zero-order chi connectivity index (χ0) is 20.6. The minimum absolute atomic E-state index is 0.0942. The van der Waals surface area contributed by atoms with E-state index in [0.29, 0.717) is 23.6 Å². The number of benzene rings is 1. The molecule has 0 atom stereocenters. The van der Waals surface area contributed by atoms with Crippen LogP contribution in [0.15, 0.2) is 34.6 Å². The molecule has 0 unspecified atom stereocenters. The molecule has 0 saturated carbocycles. The van der Waals surface area contributed by atoms with Gasteiger partial charge in [0.05, 0.1) is 17.5 Å². The maximum atomic E-state index is 13.6. The van der Waals surface area contributed by atoms with E-state index in [1.165, 1.54) is 22.0 Å². The lowest BCUT2D eigenvalue weighted by Gasteiger charge is -2.13. The molecule has 0 aliphatic rings. The van der Waals surface area contributed by atoms with Crippen LogP contribution in [0.4, 0.5) is 17.6 Å². The summed E-state index contributed by atoms with van der Waals surface area (Å²) >= 11 is 1.23. The number of hydrogen-bond donors (Lipinski definition) is 0. The molecule has 0 radical (unpaired) electrons. The van der Waals surface area contributed by atoms with Crippen LogP contribution >= 0.6 is 11.3 Å². The molecule has 0 amide bonds. The van der Waals surface area contributed by atoms with Crippen molar-refractivity contribution in [1.82, 2.24) is 9.47 Å². The third-order valence-corrected chi connectivity index (χ3v) is 5.27. The van der Waals surface area contributed by atoms with Crippen molar-refractivity contribution in [2.24, 2.45) is 0 Å². The second-order valence-electron chi connectivity index (χ2n) is 6.56. The minimum Gasteiger partial charge on any atom is -0.307 e. The second kappa shape index (κ2) is 7.48. The van der Waals surface area contributed by atoms with E-state index in [0.717, 1.165) is 11.6 Å². The van der Waals surface area contributed by atoms with E-state index in [1.807, 2.05) is 19.0 Å². The Morgan fingerprint density at radius 2 is 1.96 bits per heavy atom. The van der Waals surface area contributed by atoms with Gasteiger partial charge in [0.25, 0.3) is 5.56 Å². The van der Waals surface area contributed by atoms with Crippen LogP contribution in [0, 0.1) is 5.82 Å². The number of alkyl halides is 3. The first-order chi connectivity index (χ1) is 13.1. The highest BCUT2D eigenvalue weighted by Gasteiger charge is 2.34. The number of carbonyl (C=O) groups is 1. The number of nitrogens with zero attached hydrogens (tertiary/aromatic N) is 2. The number of aldehydes is 1. The van der Waals surface area contributed by atoms with E-state index in [-0.39, 0.29) is 23.1 Å². The number of halogens is 4. The molecule has 1 aromatic carbocycles. The monoisotopic (exact) mass is 412 g/mol. The minimum atomic E-state index is -4.85. The molecular weight excluding hydrogens is 396 g/mol. The largest absolute Gasteiger partial charge is 0.419 e. The highest BCUT2D eigenvalue weighted by Crippen LogP contribution is 2.38. The summed E-state index contributed by atoms with van der Waals surface area (Å²) in [5, 5.41) is 1.81. The Hall–Kier alpha value is -2.52. The topological polar surface area (TPSA) is 42.3 Å². The van der Waals surface area contributed by atoms with Crippen LogP contribution in [0.1, 0.15) is 11.1 Å². The van der Waals surface area contributed by atoms with Gasteiger partial charge in [-0.05, 0) is 31.8 Å². The van der Waals surface area contributed by atoms with E-state index in [4.69, 9.17) is 0 Å². The lowest BCUT2D eigenvalue weighted by Crippen LogP contribution is -2.23. The number of fused-ring (bicyclic) bond motifs is 1. The molecule has 0 N–H and O–H groups in total. The molecule has 4 nitrogen and oxygen atoms in total. The van der Waals surface area contributed by atoms with Crippen LogP contribution in [0.3, 0.4) is 0 Å². The fraction of sp³-hybridized carbons (Fsp3) is 0.263. The maximum absolute atomic E-state index is 13.6. The summed E-state index contributed by atoms with van der Waals surface area (Å²) in [7, 11) is 3.68. The molecule has 2 heterocycles. The standard InChI is InChI=1S/C19H16F4N2O2S/c1-24(2)8-12-9-25(5-6-26)18(27)16-13(10-28-17(12)16)11-3-4-15(20)14(7-11)19(21,22)23/h3-4,6-7,9-10H,5,8H2,1-2H3. The quantitative estimate of drug-likeness (QED) is 0.467. The molecule has 0 spiro atoms. The molecular formula is C19H16F4N2O2S. The predicted octanol–water partition coefficient (Wildman–Crippen LogP) is 4.15. The van der Waals surface area contributed by atoms with Crippen molar-refractivity contribution >= 4 is 27.7 Å². The van der Waals surface area contributed by atoms with Gasteiger partial charge in [-0.2, -0.15) is 13.2 Å². The maximum Gasteiger partial charge on any atom is 0.419 e. The van der Waals surface area contributed by atoms with Crippen LogP contribution in [0.25, 0.3) is 21.2 Å². The van der Waals surface area contributed by atoms with Crippen molar-refractivity contribution in [3.05, 3.63) is 57.1 Å². The average Bonchev–Trinajstić information content (AvgIpc) is 3.04. The molecule has 0 aliphatic heterocycles. The van der Waals surface area contributed by atoms with Crippen molar-refractivity contribution in [1.29, 1.82) is 0 Å². The SMILES string of the molecule is CN(C)Cc1cn(CC=O)c(=O)c2c(-c3ccc(F)c(C(F)(F)F)c3)csc12. The van der Waals surface area contributed by atoms with Gasteiger partial charge in [0.2, 0.25) is 0 Å². The highest BCUT2D eigenvalue weighted by molar-refractivity contribution is 7.18. The van der Waals surface area contributed by atoms with Crippen LogP contribution in [0.2, 0.25) is 0 Å². The third-order valence-electron chi connectivity index (χ3n) is 4.21. The van der Waals surface area contributed by atoms with Crippen molar-refractivity contribution < 1.29 is 22.4 Å². The number of aromatic nitrogens is 1. The van der Waals surface area contributed by atoms with Gasteiger partial charge in [0.15, 0.2) is 0 Å². The van der Waals surface area contributed by atoms with Crippen LogP contribution in [0.5, 0.6) is 0 Å². The second-order valence-corrected chi connectivity index (χ2v) is 7.44. The van der Waals surface area contributed by atoms with Crippen molar-refractivity contribution in [2.45, 2.75) is 19.3 Å². The van der Waals surface area contributed by atoms with Gasteiger partial charge in [-0.3, -0.25) is 4.79 Å². The Balaban J connectivity index is 2.30. The molecule has 3 rings (SSSR count). The Labute approximate surface area is 161 Å². The zero-order valence-corrected chi connectivity index (χ0v) is 15.8. The van der Waals surface area contributed by atoms with E-state index < -0.39 is 23.1 Å². The Kier molecular flexibility index (Phi) is 5.40. The normalized spacial score (nSPS) is 12.1. The molecule has 2 aromatic heterocycles. The van der Waals surface area contributed by atoms with Gasteiger partial charge in [0, 0.05) is 33.9 Å². The van der Waals surface area contributed by atoms with Gasteiger partial charge in [-0.15, -0.1) is 11.3 Å². The lowest BCUT2D eigenvalue weighted by atomic mass is 10.0. The smallest absolute Gasteiger partial charge is 0.307 e. The third kappa shape index (κ3) is 3.72. The zero-order valence-electron chi connectivity index (χ0n) is 15.0. The van der Waals surface area contributed by atoms with Crippen molar-refractivity contribution in [3.63, 3.8) is 0 Å². The van der Waals surface area contributed by atoms with E-state index >= 15 is 0 Å². The van der Waals surface area contributed by atoms with Gasteiger partial charge in [-0.1, -0.05) is 6.07 Å². The summed E-state index contributed by atoms with van der Waals surface area (Å²) in [6.07, 6.45) is -2.68. The molecule has 28 heavy (non-hydrogen) atoms. The molecule has 0 saturated heterocycles. The van der Waals surface area contributed by atoms with E-state index in [9.17, 15) is 27.2 Å². The van der Waals surface area contributed by atoms with Gasteiger partial charge in [-0.25, -0.2) is 4.39 Å². The summed E-state index contributed by atoms with van der Waals surface area (Å²) in [5.41, 5.74) is -0.705. The first kappa shape index (κ1) is 20.2. The Morgan fingerprint density at radius 3 is 2.57 bits per heavy atom. The van der Waals surface area contributed by atoms with Gasteiger partial charge < -0.3 is 14.3 Å². The fourth-order valence-corrected chi connectivity index (χ4v) is 4.12. The Morgan fingerprint density at radius 1 is 1.25 bits per heavy atom. The number of rotatable bonds is 5. The van der Waals surface area contributed by atoms with E-state index in [2.05, 4.69) is 0 Å². The molecule has 148 valence electrons. The summed E-state index contributed by atoms with van der Waals surface area (Å²) in [6.45, 7) is 0.314. The predicted molar refractivity (Wildman–Crippen MR) is 99.9 cm³/mol. The van der Waals surface area contributed by atoms with Gasteiger partial charge >= 0.3 is 6.18 Å². The van der Waals surface area contributed by atoms with Crippen molar-refractivity contribution in [3.8, 4) is 11.1 Å². The highest BCUT2D eigenvalue weighted by atomic mass is 32.1. The molecule has 3 aromatic rings. The molecule has 0 bridgehead atoms.